The summed E-state index contributed by atoms with van der Waals surface area (Å²) in [7, 11) is -3.45. The number of nitrogens with zero attached hydrogens (tertiary/aromatic N) is 1. The van der Waals surface area contributed by atoms with Crippen molar-refractivity contribution >= 4 is 50.9 Å². The number of ether oxygens (including phenoxy) is 1. The topological polar surface area (TPSA) is 75.7 Å². The summed E-state index contributed by atoms with van der Waals surface area (Å²) in [5, 5.41) is 3.97. The van der Waals surface area contributed by atoms with Gasteiger partial charge in [-0.1, -0.05) is 35.7 Å². The highest BCUT2D eigenvalue weighted by atomic mass is 35.5. The summed E-state index contributed by atoms with van der Waals surface area (Å²) in [6.07, 6.45) is 2.88. The number of hydrogen-bond acceptors (Lipinski definition) is 5. The molecule has 1 amide bonds. The average molecular weight is 518 g/mol. The molecule has 32 heavy (non-hydrogen) atoms. The maximum absolute atomic E-state index is 12.7. The van der Waals surface area contributed by atoms with Crippen molar-refractivity contribution in [1.82, 2.24) is 9.62 Å². The van der Waals surface area contributed by atoms with Crippen molar-refractivity contribution in [2.45, 2.75) is 29.9 Å². The van der Waals surface area contributed by atoms with E-state index in [0.29, 0.717) is 46.9 Å². The van der Waals surface area contributed by atoms with Crippen molar-refractivity contribution in [3.8, 4) is 5.75 Å². The number of rotatable bonds is 10. The molecular formula is C22H26Cl2N2O4S2. The van der Waals surface area contributed by atoms with E-state index < -0.39 is 10.0 Å². The Labute approximate surface area is 203 Å². The molecule has 1 saturated heterocycles. The number of nitrogens with one attached hydrogen (secondary N) is 1. The van der Waals surface area contributed by atoms with Gasteiger partial charge in [0.05, 0.1) is 17.2 Å². The minimum atomic E-state index is -3.45. The van der Waals surface area contributed by atoms with Crippen LogP contribution < -0.4 is 10.1 Å². The second kappa shape index (κ2) is 12.1. The molecule has 0 radical (unpaired) electrons. The van der Waals surface area contributed by atoms with Crippen LogP contribution in [0.2, 0.25) is 10.0 Å². The number of carbonyl (C=O) groups is 1. The van der Waals surface area contributed by atoms with E-state index >= 15 is 0 Å². The largest absolute Gasteiger partial charge is 0.492 e. The Morgan fingerprint density at radius 1 is 1.06 bits per heavy atom. The molecule has 10 heteroatoms. The normalized spacial score (nSPS) is 14.8. The summed E-state index contributed by atoms with van der Waals surface area (Å²) in [6, 6.07) is 11.7. The molecule has 1 aliphatic heterocycles. The Morgan fingerprint density at radius 2 is 1.78 bits per heavy atom. The average Bonchev–Trinajstić information content (AvgIpc) is 2.79. The molecule has 6 nitrogen and oxygen atoms in total. The number of hydrogen-bond donors (Lipinski definition) is 1. The lowest BCUT2D eigenvalue weighted by Crippen LogP contribution is -2.35. The van der Waals surface area contributed by atoms with Crippen molar-refractivity contribution in [3.63, 3.8) is 0 Å². The molecule has 0 aromatic heterocycles. The smallest absolute Gasteiger partial charge is 0.243 e. The third-order valence-electron chi connectivity index (χ3n) is 4.98. The summed E-state index contributed by atoms with van der Waals surface area (Å²) in [6.45, 7) is 1.79. The zero-order chi connectivity index (χ0) is 23.0. The van der Waals surface area contributed by atoms with E-state index in [1.165, 1.54) is 11.8 Å². The van der Waals surface area contributed by atoms with Gasteiger partial charge in [-0.2, -0.15) is 4.31 Å². The van der Waals surface area contributed by atoms with E-state index in [4.69, 9.17) is 27.9 Å². The fraction of sp³-hybridized carbons (Fsp3) is 0.409. The number of sulfonamides is 1. The number of carbonyl (C=O) groups excluding carboxylic acids is 1. The van der Waals surface area contributed by atoms with Crippen LogP contribution in [0.25, 0.3) is 0 Å². The third-order valence-corrected chi connectivity index (χ3v) is 8.46. The Morgan fingerprint density at radius 3 is 2.47 bits per heavy atom. The van der Waals surface area contributed by atoms with Crippen LogP contribution in [0.3, 0.4) is 0 Å². The first-order valence-electron chi connectivity index (χ1n) is 10.4. The fourth-order valence-electron chi connectivity index (χ4n) is 3.26. The molecule has 0 aliphatic carbocycles. The molecule has 1 N–H and O–H groups in total. The molecule has 2 aromatic rings. The maximum Gasteiger partial charge on any atom is 0.243 e. The lowest BCUT2D eigenvalue weighted by molar-refractivity contribution is -0.118. The summed E-state index contributed by atoms with van der Waals surface area (Å²) >= 11 is 13.5. The van der Waals surface area contributed by atoms with E-state index in [9.17, 15) is 13.2 Å². The monoisotopic (exact) mass is 516 g/mol. The van der Waals surface area contributed by atoms with Gasteiger partial charge in [-0.25, -0.2) is 8.42 Å². The molecule has 1 aliphatic rings. The Kier molecular flexibility index (Phi) is 9.55. The van der Waals surface area contributed by atoms with Gasteiger partial charge in [-0.05, 0) is 54.8 Å². The first-order chi connectivity index (χ1) is 15.4. The van der Waals surface area contributed by atoms with Gasteiger partial charge in [-0.15, -0.1) is 11.8 Å². The summed E-state index contributed by atoms with van der Waals surface area (Å²) < 4.78 is 32.5. The van der Waals surface area contributed by atoms with Gasteiger partial charge >= 0.3 is 0 Å². The third kappa shape index (κ3) is 7.28. The van der Waals surface area contributed by atoms with E-state index in [0.717, 1.165) is 24.8 Å². The molecule has 0 atom stereocenters. The Hall–Kier alpha value is -1.45. The van der Waals surface area contributed by atoms with E-state index in [1.807, 2.05) is 6.07 Å². The van der Waals surface area contributed by atoms with Crippen LogP contribution in [-0.4, -0.2) is 50.6 Å². The zero-order valence-electron chi connectivity index (χ0n) is 17.6. The van der Waals surface area contributed by atoms with Gasteiger partial charge in [0.1, 0.15) is 12.4 Å². The molecule has 3 rings (SSSR count). The number of amides is 1. The molecule has 0 spiro atoms. The predicted octanol–water partition coefficient (Wildman–Crippen LogP) is 4.60. The quantitative estimate of drug-likeness (QED) is 0.467. The molecular weight excluding hydrogens is 491 g/mol. The summed E-state index contributed by atoms with van der Waals surface area (Å²) in [4.78, 5) is 12.3. The van der Waals surface area contributed by atoms with Crippen molar-refractivity contribution < 1.29 is 17.9 Å². The highest BCUT2D eigenvalue weighted by Crippen LogP contribution is 2.25. The van der Waals surface area contributed by atoms with Crippen molar-refractivity contribution in [3.05, 3.63) is 58.1 Å². The SMILES string of the molecule is O=C(CSCc1ccc(Cl)cc1Cl)NCCOc1ccc(S(=O)(=O)N2CCCCC2)cc1. The van der Waals surface area contributed by atoms with Gasteiger partial charge in [0.25, 0.3) is 0 Å². The van der Waals surface area contributed by atoms with Crippen LogP contribution in [0.4, 0.5) is 0 Å². The second-order valence-electron chi connectivity index (χ2n) is 7.36. The molecule has 174 valence electrons. The molecule has 0 bridgehead atoms. The van der Waals surface area contributed by atoms with Crippen LogP contribution in [0, 0.1) is 0 Å². The van der Waals surface area contributed by atoms with Crippen LogP contribution >= 0.6 is 35.0 Å². The lowest BCUT2D eigenvalue weighted by atomic mass is 10.2. The fourth-order valence-corrected chi connectivity index (χ4v) is 6.20. The van der Waals surface area contributed by atoms with Crippen LogP contribution in [0.1, 0.15) is 24.8 Å². The standard InChI is InChI=1S/C22H26Cl2N2O4S2/c23-18-5-4-17(21(24)14-18)15-31-16-22(27)25-10-13-30-19-6-8-20(9-7-19)32(28,29)26-11-2-1-3-12-26/h4-9,14H,1-3,10-13,15-16H2,(H,25,27). The maximum atomic E-state index is 12.7. The van der Waals surface area contributed by atoms with Crippen molar-refractivity contribution in [2.75, 3.05) is 32.0 Å². The predicted molar refractivity (Wildman–Crippen MR) is 130 cm³/mol. The van der Waals surface area contributed by atoms with Crippen molar-refractivity contribution in [2.24, 2.45) is 0 Å². The first-order valence-corrected chi connectivity index (χ1v) is 13.7. The number of thioether (sulfide) groups is 1. The van der Waals surface area contributed by atoms with E-state index in [2.05, 4.69) is 5.32 Å². The number of piperidine rings is 1. The Bertz CT molecular complexity index is 1010. The highest BCUT2D eigenvalue weighted by Gasteiger charge is 2.25. The molecule has 2 aromatic carbocycles. The molecule has 0 unspecified atom stereocenters. The molecule has 1 heterocycles. The molecule has 0 saturated carbocycles. The van der Waals surface area contributed by atoms with E-state index in [1.54, 1.807) is 40.7 Å². The minimum absolute atomic E-state index is 0.0911. The Balaban J connectivity index is 1.35. The minimum Gasteiger partial charge on any atom is -0.492 e. The summed E-state index contributed by atoms with van der Waals surface area (Å²) in [5.74, 6) is 1.39. The van der Waals surface area contributed by atoms with Gasteiger partial charge in [0.2, 0.25) is 15.9 Å². The van der Waals surface area contributed by atoms with Gasteiger partial charge < -0.3 is 10.1 Å². The summed E-state index contributed by atoms with van der Waals surface area (Å²) in [5.41, 5.74) is 0.933. The highest BCUT2D eigenvalue weighted by molar-refractivity contribution is 7.99. The van der Waals surface area contributed by atoms with Crippen molar-refractivity contribution in [1.29, 1.82) is 0 Å². The second-order valence-corrected chi connectivity index (χ2v) is 11.1. The van der Waals surface area contributed by atoms with Gasteiger partial charge in [-0.3, -0.25) is 4.79 Å². The van der Waals surface area contributed by atoms with Crippen LogP contribution in [0.15, 0.2) is 47.4 Å². The first kappa shape index (κ1) is 25.2. The number of benzene rings is 2. The van der Waals surface area contributed by atoms with Crippen LogP contribution in [-0.2, 0) is 20.6 Å². The zero-order valence-corrected chi connectivity index (χ0v) is 20.7. The van der Waals surface area contributed by atoms with Gasteiger partial charge in [0, 0.05) is 28.9 Å². The van der Waals surface area contributed by atoms with E-state index in [-0.39, 0.29) is 17.4 Å². The molecule has 1 fully saturated rings. The number of halogens is 2. The lowest BCUT2D eigenvalue weighted by Gasteiger charge is -2.25. The van der Waals surface area contributed by atoms with Gasteiger partial charge in [0.15, 0.2) is 0 Å². The van der Waals surface area contributed by atoms with Crippen LogP contribution in [0.5, 0.6) is 5.75 Å².